The Kier molecular flexibility index (Phi) is 8.72. The number of esters is 1. The van der Waals surface area contributed by atoms with E-state index in [-0.39, 0.29) is 40.9 Å². The van der Waals surface area contributed by atoms with Gasteiger partial charge in [-0.1, -0.05) is 13.8 Å². The third-order valence-corrected chi connectivity index (χ3v) is 4.58. The number of nitrogens with zero attached hydrogens (tertiary/aromatic N) is 2. The van der Waals surface area contributed by atoms with Crippen molar-refractivity contribution in [3.8, 4) is 0 Å². The lowest BCUT2D eigenvalue weighted by molar-refractivity contribution is -0.143. The van der Waals surface area contributed by atoms with Crippen molar-refractivity contribution in [2.24, 2.45) is 10.4 Å². The van der Waals surface area contributed by atoms with Gasteiger partial charge in [-0.3, -0.25) is 9.79 Å². The number of carbonyl (C=O) groups excluding carboxylic acids is 1. The van der Waals surface area contributed by atoms with Gasteiger partial charge in [-0.05, 0) is 34.1 Å². The van der Waals surface area contributed by atoms with Crippen molar-refractivity contribution in [2.75, 3.05) is 26.2 Å². The molecule has 1 aliphatic rings. The summed E-state index contributed by atoms with van der Waals surface area (Å²) in [5, 5.41) is 3.35. The molecule has 1 fully saturated rings. The highest BCUT2D eigenvalue weighted by atomic mass is 127. The second-order valence-electron chi connectivity index (χ2n) is 6.67. The Balaban J connectivity index is 0.00000441. The van der Waals surface area contributed by atoms with E-state index in [1.54, 1.807) is 0 Å². The number of guanidine groups is 1. The van der Waals surface area contributed by atoms with Crippen LogP contribution in [0.4, 0.5) is 0 Å². The fourth-order valence-corrected chi connectivity index (χ4v) is 2.44. The summed E-state index contributed by atoms with van der Waals surface area (Å²) in [7, 11) is 0. The molecule has 130 valence electrons. The van der Waals surface area contributed by atoms with Crippen molar-refractivity contribution in [3.63, 3.8) is 0 Å². The monoisotopic (exact) mass is 425 g/mol. The van der Waals surface area contributed by atoms with Crippen LogP contribution in [0, 0.1) is 5.41 Å². The van der Waals surface area contributed by atoms with Crippen molar-refractivity contribution in [1.29, 1.82) is 0 Å². The molecule has 1 heterocycles. The molecule has 0 aromatic heterocycles. The van der Waals surface area contributed by atoms with E-state index in [1.807, 2.05) is 6.92 Å². The number of likely N-dealkylation sites (tertiary alicyclic amines) is 1. The summed E-state index contributed by atoms with van der Waals surface area (Å²) >= 11 is 0. The molecule has 0 bridgehead atoms. The number of ether oxygens (including phenoxy) is 1. The lowest BCUT2D eigenvalue weighted by Gasteiger charge is -2.62. The quantitative estimate of drug-likeness (QED) is 0.234. The van der Waals surface area contributed by atoms with Crippen molar-refractivity contribution >= 4 is 35.9 Å². The molecule has 0 aromatic carbocycles. The van der Waals surface area contributed by atoms with Gasteiger partial charge in [0.05, 0.1) is 6.61 Å². The Hall–Kier alpha value is -0.530. The van der Waals surface area contributed by atoms with Crippen molar-refractivity contribution in [3.05, 3.63) is 0 Å². The van der Waals surface area contributed by atoms with E-state index in [1.165, 1.54) is 0 Å². The Bertz CT molecular complexity index is 395. The number of rotatable bonds is 6. The van der Waals surface area contributed by atoms with Gasteiger partial charge in [-0.15, -0.1) is 24.0 Å². The number of halogens is 1. The molecule has 0 unspecified atom stereocenters. The first-order valence-electron chi connectivity index (χ1n) is 7.98. The molecule has 0 aliphatic carbocycles. The van der Waals surface area contributed by atoms with Crippen LogP contribution in [-0.4, -0.2) is 48.6 Å². The first-order valence-corrected chi connectivity index (χ1v) is 7.98. The lowest BCUT2D eigenvalue weighted by atomic mass is 9.65. The molecule has 1 aliphatic heterocycles. The summed E-state index contributed by atoms with van der Waals surface area (Å²) in [6.07, 6.45) is 1.16. The zero-order valence-corrected chi connectivity index (χ0v) is 17.2. The van der Waals surface area contributed by atoms with E-state index in [2.05, 4.69) is 49.8 Å². The van der Waals surface area contributed by atoms with Crippen LogP contribution in [0.2, 0.25) is 0 Å². The topological polar surface area (TPSA) is 53.9 Å². The van der Waals surface area contributed by atoms with Gasteiger partial charge < -0.3 is 15.0 Å². The maximum absolute atomic E-state index is 11.3. The second-order valence-corrected chi connectivity index (χ2v) is 6.67. The highest BCUT2D eigenvalue weighted by Gasteiger charge is 2.53. The Morgan fingerprint density at radius 2 is 1.91 bits per heavy atom. The van der Waals surface area contributed by atoms with Crippen LogP contribution in [0.5, 0.6) is 0 Å². The van der Waals surface area contributed by atoms with Gasteiger partial charge in [0, 0.05) is 37.0 Å². The summed E-state index contributed by atoms with van der Waals surface area (Å²) in [4.78, 5) is 18.3. The lowest BCUT2D eigenvalue weighted by Crippen LogP contribution is -2.72. The predicted octanol–water partition coefficient (Wildman–Crippen LogP) is 3.03. The van der Waals surface area contributed by atoms with Crippen molar-refractivity contribution in [2.45, 2.75) is 59.9 Å². The Labute approximate surface area is 152 Å². The van der Waals surface area contributed by atoms with Crippen LogP contribution >= 0.6 is 24.0 Å². The first-order chi connectivity index (χ1) is 9.76. The molecular weight excluding hydrogens is 393 g/mol. The zero-order chi connectivity index (χ0) is 16.1. The molecule has 0 saturated carbocycles. The fourth-order valence-electron chi connectivity index (χ4n) is 2.44. The van der Waals surface area contributed by atoms with Gasteiger partial charge >= 0.3 is 5.97 Å². The molecule has 1 N–H and O–H groups in total. The highest BCUT2D eigenvalue weighted by molar-refractivity contribution is 14.0. The number of carbonyl (C=O) groups is 1. The number of nitrogens with one attached hydrogen (secondary N) is 1. The minimum absolute atomic E-state index is 0. The average Bonchev–Trinajstić information content (AvgIpc) is 2.40. The van der Waals surface area contributed by atoms with Gasteiger partial charge in [-0.2, -0.15) is 0 Å². The minimum atomic E-state index is -0.136. The van der Waals surface area contributed by atoms with E-state index >= 15 is 0 Å². The molecule has 22 heavy (non-hydrogen) atoms. The molecule has 6 heteroatoms. The zero-order valence-electron chi connectivity index (χ0n) is 14.9. The van der Waals surface area contributed by atoms with Crippen LogP contribution in [0.3, 0.4) is 0 Å². The van der Waals surface area contributed by atoms with Gasteiger partial charge in [0.25, 0.3) is 0 Å². The van der Waals surface area contributed by atoms with E-state index in [4.69, 9.17) is 4.74 Å². The molecule has 5 nitrogen and oxygen atoms in total. The standard InChI is InChI=1S/C16H31N3O2.HI/c1-7-17-14(18-11-9-10-13(20)21-8-2)19-12-15(3,4)16(19,5)6;/h7-12H2,1-6H3,(H,17,18);1H. The van der Waals surface area contributed by atoms with Crippen molar-refractivity contribution < 1.29 is 9.53 Å². The summed E-state index contributed by atoms with van der Waals surface area (Å²) in [6.45, 7) is 15.9. The third kappa shape index (κ3) is 4.99. The van der Waals surface area contributed by atoms with Gasteiger partial charge in [-0.25, -0.2) is 0 Å². The number of hydrogen-bond donors (Lipinski definition) is 1. The molecule has 1 saturated heterocycles. The second kappa shape index (κ2) is 8.93. The molecule has 0 spiro atoms. The smallest absolute Gasteiger partial charge is 0.305 e. The van der Waals surface area contributed by atoms with Gasteiger partial charge in [0.1, 0.15) is 0 Å². The number of hydrogen-bond acceptors (Lipinski definition) is 3. The van der Waals surface area contributed by atoms with Crippen LogP contribution in [0.15, 0.2) is 4.99 Å². The van der Waals surface area contributed by atoms with Crippen molar-refractivity contribution in [1.82, 2.24) is 10.2 Å². The van der Waals surface area contributed by atoms with Crippen LogP contribution in [0.1, 0.15) is 54.4 Å². The highest BCUT2D eigenvalue weighted by Crippen LogP contribution is 2.46. The Morgan fingerprint density at radius 1 is 1.27 bits per heavy atom. The SMILES string of the molecule is CCNC(=NCCCC(=O)OCC)N1CC(C)(C)C1(C)C.I. The third-order valence-electron chi connectivity index (χ3n) is 4.58. The van der Waals surface area contributed by atoms with Gasteiger partial charge in [0.15, 0.2) is 5.96 Å². The summed E-state index contributed by atoms with van der Waals surface area (Å²) in [5.74, 6) is 0.814. The Morgan fingerprint density at radius 3 is 2.36 bits per heavy atom. The van der Waals surface area contributed by atoms with Crippen LogP contribution in [0.25, 0.3) is 0 Å². The first kappa shape index (κ1) is 21.5. The minimum Gasteiger partial charge on any atom is -0.466 e. The van der Waals surface area contributed by atoms with E-state index in [0.717, 1.165) is 25.5 Å². The largest absolute Gasteiger partial charge is 0.466 e. The maximum Gasteiger partial charge on any atom is 0.305 e. The van der Waals surface area contributed by atoms with E-state index < -0.39 is 0 Å². The maximum atomic E-state index is 11.3. The molecular formula is C16H32IN3O2. The van der Waals surface area contributed by atoms with Gasteiger partial charge in [0.2, 0.25) is 0 Å². The normalized spacial score (nSPS) is 19.0. The van der Waals surface area contributed by atoms with Crippen LogP contribution in [-0.2, 0) is 9.53 Å². The molecule has 0 amide bonds. The fraction of sp³-hybridized carbons (Fsp3) is 0.875. The van der Waals surface area contributed by atoms with E-state index in [0.29, 0.717) is 19.6 Å². The van der Waals surface area contributed by atoms with E-state index in [9.17, 15) is 4.79 Å². The molecule has 0 aromatic rings. The summed E-state index contributed by atoms with van der Waals surface area (Å²) in [6, 6.07) is 0. The molecule has 1 rings (SSSR count). The number of aliphatic imine (C=N–C) groups is 1. The van der Waals surface area contributed by atoms with Crippen LogP contribution < -0.4 is 5.32 Å². The molecule has 0 atom stereocenters. The summed E-state index contributed by atoms with van der Waals surface area (Å²) < 4.78 is 4.92. The average molecular weight is 425 g/mol. The predicted molar refractivity (Wildman–Crippen MR) is 102 cm³/mol. The molecule has 0 radical (unpaired) electrons. The summed E-state index contributed by atoms with van der Waals surface area (Å²) in [5.41, 5.74) is 0.378.